The average molecular weight is 291 g/mol. The number of hydrogen-bond donors (Lipinski definition) is 3. The molecular weight excluding hydrogens is 278 g/mol. The van der Waals surface area contributed by atoms with Crippen LogP contribution < -0.4 is 16.4 Å². The fraction of sp³-hybridized carbons (Fsp3) is 0.231. The highest BCUT2D eigenvalue weighted by atomic mass is 16.4. The number of carboxylic acid groups (broad SMARTS) is 1. The second-order valence-corrected chi connectivity index (χ2v) is 4.34. The lowest BCUT2D eigenvalue weighted by atomic mass is 10.2. The lowest BCUT2D eigenvalue weighted by molar-refractivity contribution is -0.121. The summed E-state index contributed by atoms with van der Waals surface area (Å²) in [7, 11) is 0. The molecule has 1 aromatic carbocycles. The first-order chi connectivity index (χ1) is 9.93. The van der Waals surface area contributed by atoms with Gasteiger partial charge in [-0.15, -0.1) is 0 Å². The highest BCUT2D eigenvalue weighted by Crippen LogP contribution is 2.11. The van der Waals surface area contributed by atoms with Gasteiger partial charge in [-0.1, -0.05) is 0 Å². The van der Waals surface area contributed by atoms with Crippen LogP contribution in [0.15, 0.2) is 27.8 Å². The maximum atomic E-state index is 11.9. The number of nitrogens with one attached hydrogen (secondary N) is 2. The molecule has 8 nitrogen and oxygen atoms in total. The van der Waals surface area contributed by atoms with Gasteiger partial charge in [0.15, 0.2) is 0 Å². The molecule has 1 amide bonds. The Bertz CT molecular complexity index is 834. The SMILES string of the molecule is CCNC(=O)Cn1c(=O)c(=O)[nH]c2ccc(C(=O)O)cc21. The van der Waals surface area contributed by atoms with Crippen LogP contribution in [-0.4, -0.2) is 33.1 Å². The number of amides is 1. The van der Waals surface area contributed by atoms with Crippen molar-refractivity contribution in [2.45, 2.75) is 13.5 Å². The number of carbonyl (C=O) groups is 2. The van der Waals surface area contributed by atoms with Gasteiger partial charge >= 0.3 is 17.1 Å². The van der Waals surface area contributed by atoms with Crippen LogP contribution >= 0.6 is 0 Å². The monoisotopic (exact) mass is 291 g/mol. The summed E-state index contributed by atoms with van der Waals surface area (Å²) in [6, 6.07) is 3.93. The van der Waals surface area contributed by atoms with Gasteiger partial charge in [0.05, 0.1) is 16.6 Å². The largest absolute Gasteiger partial charge is 0.478 e. The minimum atomic E-state index is -1.17. The minimum Gasteiger partial charge on any atom is -0.478 e. The molecule has 0 radical (unpaired) electrons. The first kappa shape index (κ1) is 14.5. The third-order valence-electron chi connectivity index (χ3n) is 2.90. The zero-order valence-electron chi connectivity index (χ0n) is 11.2. The molecule has 0 bridgehead atoms. The van der Waals surface area contributed by atoms with Gasteiger partial charge in [0.1, 0.15) is 6.54 Å². The molecule has 0 spiro atoms. The van der Waals surface area contributed by atoms with Crippen LogP contribution in [0.3, 0.4) is 0 Å². The van der Waals surface area contributed by atoms with E-state index in [2.05, 4.69) is 10.3 Å². The van der Waals surface area contributed by atoms with Gasteiger partial charge in [0.25, 0.3) is 0 Å². The van der Waals surface area contributed by atoms with Crippen molar-refractivity contribution in [1.82, 2.24) is 14.9 Å². The van der Waals surface area contributed by atoms with Gasteiger partial charge in [-0.05, 0) is 25.1 Å². The number of fused-ring (bicyclic) bond motifs is 1. The molecule has 21 heavy (non-hydrogen) atoms. The second kappa shape index (κ2) is 5.61. The van der Waals surface area contributed by atoms with Crippen LogP contribution in [0.4, 0.5) is 0 Å². The van der Waals surface area contributed by atoms with Gasteiger partial charge < -0.3 is 15.4 Å². The molecule has 0 saturated heterocycles. The minimum absolute atomic E-state index is 0.0430. The van der Waals surface area contributed by atoms with E-state index in [1.54, 1.807) is 6.92 Å². The molecule has 2 aromatic rings. The summed E-state index contributed by atoms with van der Waals surface area (Å²) in [5, 5.41) is 11.5. The van der Waals surface area contributed by atoms with E-state index in [0.29, 0.717) is 6.54 Å². The van der Waals surface area contributed by atoms with Crippen molar-refractivity contribution in [3.05, 3.63) is 44.5 Å². The Morgan fingerprint density at radius 1 is 1.33 bits per heavy atom. The number of carbonyl (C=O) groups excluding carboxylic acids is 1. The van der Waals surface area contributed by atoms with Crippen LogP contribution in [0, 0.1) is 0 Å². The maximum Gasteiger partial charge on any atom is 0.335 e. The summed E-state index contributed by atoms with van der Waals surface area (Å²) < 4.78 is 0.964. The number of aromatic amines is 1. The van der Waals surface area contributed by atoms with Crippen LogP contribution in [0.25, 0.3) is 11.0 Å². The summed E-state index contributed by atoms with van der Waals surface area (Å²) in [5.74, 6) is -1.60. The Morgan fingerprint density at radius 2 is 2.05 bits per heavy atom. The molecule has 0 saturated carbocycles. The average Bonchev–Trinajstić information content (AvgIpc) is 2.43. The zero-order valence-corrected chi connectivity index (χ0v) is 11.2. The zero-order chi connectivity index (χ0) is 15.6. The topological polar surface area (TPSA) is 121 Å². The molecule has 0 fully saturated rings. The number of benzene rings is 1. The van der Waals surface area contributed by atoms with E-state index >= 15 is 0 Å². The standard InChI is InChI=1S/C13H13N3O5/c1-2-14-10(17)6-16-9-5-7(13(20)21)3-4-8(9)15-11(18)12(16)19/h3-5H,2,6H2,1H3,(H,14,17)(H,15,18)(H,20,21). The number of nitrogens with zero attached hydrogens (tertiary/aromatic N) is 1. The second-order valence-electron chi connectivity index (χ2n) is 4.34. The Kier molecular flexibility index (Phi) is 3.88. The summed E-state index contributed by atoms with van der Waals surface area (Å²) in [6.07, 6.45) is 0. The van der Waals surface area contributed by atoms with Crippen molar-refractivity contribution in [2.75, 3.05) is 6.54 Å². The number of carboxylic acids is 1. The molecule has 8 heteroatoms. The van der Waals surface area contributed by atoms with Gasteiger partial charge in [0.2, 0.25) is 5.91 Å². The summed E-state index contributed by atoms with van der Waals surface area (Å²) in [4.78, 5) is 48.5. The first-order valence-electron chi connectivity index (χ1n) is 6.21. The number of aromatic carboxylic acids is 1. The van der Waals surface area contributed by atoms with Crippen LogP contribution in [0.1, 0.15) is 17.3 Å². The van der Waals surface area contributed by atoms with Crippen molar-refractivity contribution in [3.63, 3.8) is 0 Å². The van der Waals surface area contributed by atoms with E-state index in [4.69, 9.17) is 5.11 Å². The summed E-state index contributed by atoms with van der Waals surface area (Å²) in [5.41, 5.74) is -1.34. The molecular formula is C13H13N3O5. The van der Waals surface area contributed by atoms with Gasteiger partial charge in [-0.2, -0.15) is 0 Å². The van der Waals surface area contributed by atoms with E-state index in [-0.39, 0.29) is 23.1 Å². The highest BCUT2D eigenvalue weighted by Gasteiger charge is 2.13. The van der Waals surface area contributed by atoms with Crippen LogP contribution in [0.5, 0.6) is 0 Å². The number of aromatic nitrogens is 2. The summed E-state index contributed by atoms with van der Waals surface area (Å²) in [6.45, 7) is 1.75. The number of likely N-dealkylation sites (N-methyl/N-ethyl adjacent to an activating group) is 1. The molecule has 1 aromatic heterocycles. The third kappa shape index (κ3) is 2.83. The first-order valence-corrected chi connectivity index (χ1v) is 6.21. The van der Waals surface area contributed by atoms with Crippen molar-refractivity contribution >= 4 is 22.9 Å². The molecule has 0 aliphatic rings. The summed E-state index contributed by atoms with van der Waals surface area (Å²) >= 11 is 0. The molecule has 3 N–H and O–H groups in total. The van der Waals surface area contributed by atoms with Gasteiger partial charge in [-0.3, -0.25) is 19.0 Å². The molecule has 0 aliphatic heterocycles. The van der Waals surface area contributed by atoms with Crippen molar-refractivity contribution in [3.8, 4) is 0 Å². The number of rotatable bonds is 4. The van der Waals surface area contributed by atoms with Gasteiger partial charge in [-0.25, -0.2) is 4.79 Å². The fourth-order valence-electron chi connectivity index (χ4n) is 1.96. The lowest BCUT2D eigenvalue weighted by Gasteiger charge is -2.10. The van der Waals surface area contributed by atoms with E-state index in [9.17, 15) is 19.2 Å². The number of H-pyrrole nitrogens is 1. The van der Waals surface area contributed by atoms with Crippen molar-refractivity contribution in [1.29, 1.82) is 0 Å². The third-order valence-corrected chi connectivity index (χ3v) is 2.90. The molecule has 0 atom stereocenters. The highest BCUT2D eigenvalue weighted by molar-refractivity contribution is 5.92. The smallest absolute Gasteiger partial charge is 0.335 e. The van der Waals surface area contributed by atoms with Gasteiger partial charge in [0, 0.05) is 6.54 Å². The normalized spacial score (nSPS) is 10.5. The fourth-order valence-corrected chi connectivity index (χ4v) is 1.96. The van der Waals surface area contributed by atoms with Crippen LogP contribution in [-0.2, 0) is 11.3 Å². The van der Waals surface area contributed by atoms with Crippen molar-refractivity contribution in [2.24, 2.45) is 0 Å². The quantitative estimate of drug-likeness (QED) is 0.657. The van der Waals surface area contributed by atoms with E-state index in [0.717, 1.165) is 4.57 Å². The van der Waals surface area contributed by atoms with E-state index < -0.39 is 23.0 Å². The molecule has 0 aliphatic carbocycles. The maximum absolute atomic E-state index is 11.9. The molecule has 0 unspecified atom stereocenters. The number of hydrogen-bond acceptors (Lipinski definition) is 4. The Morgan fingerprint density at radius 3 is 2.67 bits per heavy atom. The predicted molar refractivity (Wildman–Crippen MR) is 74.5 cm³/mol. The molecule has 110 valence electrons. The molecule has 2 rings (SSSR count). The van der Waals surface area contributed by atoms with Crippen molar-refractivity contribution < 1.29 is 14.7 Å². The van der Waals surface area contributed by atoms with E-state index in [1.807, 2.05) is 0 Å². The van der Waals surface area contributed by atoms with Crippen LogP contribution in [0.2, 0.25) is 0 Å². The lowest BCUT2D eigenvalue weighted by Crippen LogP contribution is -2.40. The Hall–Kier alpha value is -2.90. The predicted octanol–water partition coefficient (Wildman–Crippen LogP) is -0.476. The Balaban J connectivity index is 2.69. The molecule has 1 heterocycles. The van der Waals surface area contributed by atoms with E-state index in [1.165, 1.54) is 18.2 Å². The Labute approximate surface area is 118 Å².